The molecule has 2 aromatic carbocycles. The quantitative estimate of drug-likeness (QED) is 0.776. The first kappa shape index (κ1) is 18.3. The van der Waals surface area contributed by atoms with Crippen molar-refractivity contribution in [3.8, 4) is 11.5 Å². The van der Waals surface area contributed by atoms with E-state index in [0.717, 1.165) is 23.0 Å². The number of rotatable bonds is 4. The number of ether oxygens (including phenoxy) is 3. The molecule has 3 rings (SSSR count). The summed E-state index contributed by atoms with van der Waals surface area (Å²) in [5.74, 6) is 2.66. The Balaban J connectivity index is 1.96. The van der Waals surface area contributed by atoms with E-state index < -0.39 is 0 Å². The first-order chi connectivity index (χ1) is 12.4. The number of hydrogen-bond acceptors (Lipinski definition) is 4. The predicted octanol–water partition coefficient (Wildman–Crippen LogP) is 5.00. The minimum Gasteiger partial charge on any atom is -0.497 e. The van der Waals surface area contributed by atoms with Gasteiger partial charge in [-0.3, -0.25) is 4.99 Å². The van der Waals surface area contributed by atoms with Gasteiger partial charge in [-0.2, -0.15) is 0 Å². The first-order valence-corrected chi connectivity index (χ1v) is 8.92. The van der Waals surface area contributed by atoms with Crippen molar-refractivity contribution in [2.24, 2.45) is 10.4 Å². The Kier molecular flexibility index (Phi) is 5.21. The van der Waals surface area contributed by atoms with Crippen LogP contribution in [0, 0.1) is 5.41 Å². The summed E-state index contributed by atoms with van der Waals surface area (Å²) in [4.78, 5) is 4.75. The van der Waals surface area contributed by atoms with Crippen LogP contribution in [0.1, 0.15) is 43.9 Å². The number of hydrogen-bond donors (Lipinski definition) is 0. The van der Waals surface area contributed by atoms with Gasteiger partial charge in [0.25, 0.3) is 0 Å². The third-order valence-electron chi connectivity index (χ3n) is 4.67. The highest BCUT2D eigenvalue weighted by Gasteiger charge is 2.35. The highest BCUT2D eigenvalue weighted by atomic mass is 16.5. The number of aliphatic imine (C=N–C) groups is 1. The summed E-state index contributed by atoms with van der Waals surface area (Å²) in [6, 6.07) is 16.3. The molecule has 4 nitrogen and oxygen atoms in total. The zero-order chi connectivity index (χ0) is 18.7. The summed E-state index contributed by atoms with van der Waals surface area (Å²) in [6.07, 6.45) is -0.0824. The van der Waals surface area contributed by atoms with Gasteiger partial charge in [0.1, 0.15) is 17.6 Å². The van der Waals surface area contributed by atoms with Crippen molar-refractivity contribution < 1.29 is 14.2 Å². The topological polar surface area (TPSA) is 40.0 Å². The molecule has 138 valence electrons. The van der Waals surface area contributed by atoms with Gasteiger partial charge in [-0.05, 0) is 35.4 Å². The van der Waals surface area contributed by atoms with Gasteiger partial charge < -0.3 is 14.2 Å². The summed E-state index contributed by atoms with van der Waals surface area (Å²) < 4.78 is 17.0. The summed E-state index contributed by atoms with van der Waals surface area (Å²) in [5, 5.41) is 0. The molecule has 0 unspecified atom stereocenters. The fraction of sp³-hybridized carbons (Fsp3) is 0.409. The average molecular weight is 353 g/mol. The monoisotopic (exact) mass is 353 g/mol. The molecule has 0 fully saturated rings. The molecular formula is C22H27NO3. The Bertz CT molecular complexity index is 757. The third kappa shape index (κ3) is 3.85. The van der Waals surface area contributed by atoms with E-state index >= 15 is 0 Å². The van der Waals surface area contributed by atoms with Crippen LogP contribution in [-0.2, 0) is 4.74 Å². The van der Waals surface area contributed by atoms with Gasteiger partial charge in [-0.25, -0.2) is 0 Å². The Labute approximate surface area is 155 Å². The predicted molar refractivity (Wildman–Crippen MR) is 104 cm³/mol. The van der Waals surface area contributed by atoms with Crippen LogP contribution in [-0.4, -0.2) is 26.7 Å². The maximum atomic E-state index is 6.41. The second kappa shape index (κ2) is 7.40. The lowest BCUT2D eigenvalue weighted by atomic mass is 9.86. The molecule has 0 amide bonds. The number of benzene rings is 2. The minimum absolute atomic E-state index is 0.0824. The second-order valence-corrected chi connectivity index (χ2v) is 7.59. The molecular weight excluding hydrogens is 326 g/mol. The van der Waals surface area contributed by atoms with E-state index in [1.807, 2.05) is 24.3 Å². The standard InChI is InChI=1S/C22H27NO3/c1-22(2,3)21-23-14-19(15-6-10-17(24-4)11-7-15)20(26-21)16-8-12-18(25-5)13-9-16/h6-13,19-20H,14H2,1-5H3/t19-,20-/m1/s1. The van der Waals surface area contributed by atoms with E-state index in [9.17, 15) is 0 Å². The zero-order valence-electron chi connectivity index (χ0n) is 16.2. The molecule has 26 heavy (non-hydrogen) atoms. The maximum Gasteiger partial charge on any atom is 0.189 e. The van der Waals surface area contributed by atoms with Gasteiger partial charge in [0.05, 0.1) is 20.8 Å². The molecule has 0 bridgehead atoms. The van der Waals surface area contributed by atoms with E-state index in [0.29, 0.717) is 6.54 Å². The van der Waals surface area contributed by atoms with Gasteiger partial charge in [0, 0.05) is 11.3 Å². The van der Waals surface area contributed by atoms with Crippen LogP contribution in [0.4, 0.5) is 0 Å². The molecule has 0 saturated heterocycles. The molecule has 1 heterocycles. The van der Waals surface area contributed by atoms with Crippen LogP contribution in [0.25, 0.3) is 0 Å². The van der Waals surface area contributed by atoms with Crippen LogP contribution in [0.5, 0.6) is 11.5 Å². The van der Waals surface area contributed by atoms with Crippen molar-refractivity contribution in [3.63, 3.8) is 0 Å². The van der Waals surface area contributed by atoms with Crippen molar-refractivity contribution in [3.05, 3.63) is 59.7 Å². The van der Waals surface area contributed by atoms with Gasteiger partial charge in [0.2, 0.25) is 0 Å². The molecule has 0 aromatic heterocycles. The Morgan fingerprint density at radius 1 is 0.846 bits per heavy atom. The SMILES string of the molecule is COc1ccc([C@H]2CN=C(C(C)(C)C)O[C@@H]2c2ccc(OC)cc2)cc1. The molecule has 4 heteroatoms. The average Bonchev–Trinajstić information content (AvgIpc) is 2.67. The normalized spacial score (nSPS) is 20.1. The molecule has 0 spiro atoms. The molecule has 0 N–H and O–H groups in total. The van der Waals surface area contributed by atoms with Crippen molar-refractivity contribution in [1.82, 2.24) is 0 Å². The lowest BCUT2D eigenvalue weighted by Crippen LogP contribution is -2.33. The van der Waals surface area contributed by atoms with Crippen LogP contribution < -0.4 is 9.47 Å². The second-order valence-electron chi connectivity index (χ2n) is 7.59. The highest BCUT2D eigenvalue weighted by molar-refractivity contribution is 5.82. The van der Waals surface area contributed by atoms with Crippen molar-refractivity contribution in [2.45, 2.75) is 32.8 Å². The zero-order valence-corrected chi connectivity index (χ0v) is 16.2. The van der Waals surface area contributed by atoms with Crippen LogP contribution in [0.2, 0.25) is 0 Å². The van der Waals surface area contributed by atoms with E-state index in [-0.39, 0.29) is 17.4 Å². The van der Waals surface area contributed by atoms with E-state index in [1.165, 1.54) is 5.56 Å². The number of methoxy groups -OCH3 is 2. The van der Waals surface area contributed by atoms with Crippen LogP contribution >= 0.6 is 0 Å². The smallest absolute Gasteiger partial charge is 0.189 e. The van der Waals surface area contributed by atoms with Crippen molar-refractivity contribution in [1.29, 1.82) is 0 Å². The lowest BCUT2D eigenvalue weighted by molar-refractivity contribution is 0.123. The third-order valence-corrected chi connectivity index (χ3v) is 4.67. The summed E-state index contributed by atoms with van der Waals surface area (Å²) in [5.41, 5.74) is 2.21. The summed E-state index contributed by atoms with van der Waals surface area (Å²) in [6.45, 7) is 7.09. The fourth-order valence-electron chi connectivity index (χ4n) is 3.16. The minimum atomic E-state index is -0.115. The Morgan fingerprint density at radius 2 is 1.35 bits per heavy atom. The van der Waals surface area contributed by atoms with Gasteiger partial charge in [0.15, 0.2) is 5.90 Å². The lowest BCUT2D eigenvalue weighted by Gasteiger charge is -2.36. The van der Waals surface area contributed by atoms with Crippen molar-refractivity contribution in [2.75, 3.05) is 20.8 Å². The van der Waals surface area contributed by atoms with E-state index in [2.05, 4.69) is 45.0 Å². The maximum absolute atomic E-state index is 6.41. The summed E-state index contributed by atoms with van der Waals surface area (Å²) >= 11 is 0. The van der Waals surface area contributed by atoms with E-state index in [1.54, 1.807) is 14.2 Å². The summed E-state index contributed by atoms with van der Waals surface area (Å²) in [7, 11) is 3.36. The molecule has 0 radical (unpaired) electrons. The molecule has 0 aliphatic carbocycles. The largest absolute Gasteiger partial charge is 0.497 e. The van der Waals surface area contributed by atoms with Gasteiger partial charge in [-0.15, -0.1) is 0 Å². The first-order valence-electron chi connectivity index (χ1n) is 8.92. The van der Waals surface area contributed by atoms with Gasteiger partial charge in [-0.1, -0.05) is 45.0 Å². The molecule has 1 aliphatic heterocycles. The van der Waals surface area contributed by atoms with E-state index in [4.69, 9.17) is 19.2 Å². The molecule has 1 aliphatic rings. The van der Waals surface area contributed by atoms with Crippen LogP contribution in [0.15, 0.2) is 53.5 Å². The molecule has 2 aromatic rings. The van der Waals surface area contributed by atoms with Crippen molar-refractivity contribution >= 4 is 5.90 Å². The van der Waals surface area contributed by atoms with Crippen LogP contribution in [0.3, 0.4) is 0 Å². The highest BCUT2D eigenvalue weighted by Crippen LogP contribution is 2.40. The Hall–Kier alpha value is -2.49. The Morgan fingerprint density at radius 3 is 1.81 bits per heavy atom. The fourth-order valence-corrected chi connectivity index (χ4v) is 3.16. The molecule has 0 saturated carbocycles. The van der Waals surface area contributed by atoms with Gasteiger partial charge >= 0.3 is 0 Å². The molecule has 2 atom stereocenters. The number of nitrogens with zero attached hydrogens (tertiary/aromatic N) is 1.